The quantitative estimate of drug-likeness (QED) is 0.834. The number of hydrogen-bond donors (Lipinski definition) is 1. The lowest BCUT2D eigenvalue weighted by Gasteiger charge is -2.32. The van der Waals surface area contributed by atoms with Gasteiger partial charge in [0.05, 0.1) is 6.61 Å². The number of rotatable bonds is 5. The molecule has 1 fully saturated rings. The zero-order chi connectivity index (χ0) is 15.2. The molecule has 116 valence electrons. The van der Waals surface area contributed by atoms with Crippen LogP contribution in [-0.2, 0) is 9.53 Å². The molecule has 1 aliphatic carbocycles. The number of hydrogen-bond acceptors (Lipinski definition) is 3. The summed E-state index contributed by atoms with van der Waals surface area (Å²) in [7, 11) is 0. The van der Waals surface area contributed by atoms with Crippen LogP contribution in [0.4, 0.5) is 10.1 Å². The van der Waals surface area contributed by atoms with Gasteiger partial charge in [-0.15, -0.1) is 0 Å². The molecule has 1 aromatic carbocycles. The predicted octanol–water partition coefficient (Wildman–Crippen LogP) is 4.00. The maximum atomic E-state index is 13.3. The van der Waals surface area contributed by atoms with Crippen molar-refractivity contribution >= 4 is 11.7 Å². The minimum Gasteiger partial charge on any atom is -0.464 e. The SMILES string of the molecule is CCOC(=O)C(Nc1cccc(F)c1)C1CCCC(C)C1. The first-order valence-corrected chi connectivity index (χ1v) is 7.79. The summed E-state index contributed by atoms with van der Waals surface area (Å²) in [6.07, 6.45) is 4.36. The average molecular weight is 293 g/mol. The second-order valence-corrected chi connectivity index (χ2v) is 5.92. The van der Waals surface area contributed by atoms with Crippen LogP contribution in [0.25, 0.3) is 0 Å². The Bertz CT molecular complexity index is 478. The standard InChI is InChI=1S/C17H24FNO2/c1-3-21-17(20)16(13-7-4-6-12(2)10-13)19-15-9-5-8-14(18)11-15/h5,8-9,11-13,16,19H,3-4,6-7,10H2,1-2H3. The van der Waals surface area contributed by atoms with Crippen molar-refractivity contribution in [1.29, 1.82) is 0 Å². The number of ether oxygens (including phenoxy) is 1. The first-order chi connectivity index (χ1) is 10.1. The lowest BCUT2D eigenvalue weighted by molar-refractivity contribution is -0.145. The van der Waals surface area contributed by atoms with Crippen LogP contribution >= 0.6 is 0 Å². The van der Waals surface area contributed by atoms with E-state index < -0.39 is 6.04 Å². The van der Waals surface area contributed by atoms with Gasteiger partial charge in [0.1, 0.15) is 11.9 Å². The second kappa shape index (κ2) is 7.43. The van der Waals surface area contributed by atoms with E-state index in [1.807, 2.05) is 0 Å². The van der Waals surface area contributed by atoms with Gasteiger partial charge in [-0.3, -0.25) is 0 Å². The summed E-state index contributed by atoms with van der Waals surface area (Å²) in [4.78, 5) is 12.3. The highest BCUT2D eigenvalue weighted by atomic mass is 19.1. The van der Waals surface area contributed by atoms with Crippen molar-refractivity contribution in [3.05, 3.63) is 30.1 Å². The van der Waals surface area contributed by atoms with E-state index in [0.29, 0.717) is 18.2 Å². The Morgan fingerprint density at radius 1 is 1.48 bits per heavy atom. The van der Waals surface area contributed by atoms with Crippen LogP contribution in [0.3, 0.4) is 0 Å². The first-order valence-electron chi connectivity index (χ1n) is 7.79. The predicted molar refractivity (Wildman–Crippen MR) is 81.6 cm³/mol. The minimum atomic E-state index is -0.394. The Kier molecular flexibility index (Phi) is 5.59. The fourth-order valence-electron chi connectivity index (χ4n) is 3.14. The molecule has 21 heavy (non-hydrogen) atoms. The van der Waals surface area contributed by atoms with Gasteiger partial charge in [-0.25, -0.2) is 9.18 Å². The van der Waals surface area contributed by atoms with Crippen LogP contribution in [0.1, 0.15) is 39.5 Å². The molecule has 0 aromatic heterocycles. The molecule has 2 rings (SSSR count). The van der Waals surface area contributed by atoms with E-state index in [1.54, 1.807) is 19.1 Å². The highest BCUT2D eigenvalue weighted by molar-refractivity contribution is 5.79. The molecule has 3 nitrogen and oxygen atoms in total. The third-order valence-corrected chi connectivity index (χ3v) is 4.14. The minimum absolute atomic E-state index is 0.235. The van der Waals surface area contributed by atoms with Gasteiger partial charge < -0.3 is 10.1 Å². The topological polar surface area (TPSA) is 38.3 Å². The van der Waals surface area contributed by atoms with Gasteiger partial charge in [0.15, 0.2) is 0 Å². The largest absolute Gasteiger partial charge is 0.464 e. The number of nitrogens with one attached hydrogen (secondary N) is 1. The fourth-order valence-corrected chi connectivity index (χ4v) is 3.14. The van der Waals surface area contributed by atoms with Gasteiger partial charge in [0.2, 0.25) is 0 Å². The lowest BCUT2D eigenvalue weighted by Crippen LogP contribution is -2.40. The highest BCUT2D eigenvalue weighted by Gasteiger charge is 2.32. The number of anilines is 1. The Labute approximate surface area is 125 Å². The van der Waals surface area contributed by atoms with E-state index in [1.165, 1.54) is 18.6 Å². The number of carbonyl (C=O) groups is 1. The van der Waals surface area contributed by atoms with Crippen molar-refractivity contribution in [2.24, 2.45) is 11.8 Å². The summed E-state index contributed by atoms with van der Waals surface area (Å²) in [6, 6.07) is 5.84. The molecule has 1 aliphatic rings. The van der Waals surface area contributed by atoms with Gasteiger partial charge >= 0.3 is 5.97 Å². The molecule has 3 atom stereocenters. The Balaban J connectivity index is 2.13. The number of halogens is 1. The van der Waals surface area contributed by atoms with E-state index in [-0.39, 0.29) is 17.7 Å². The third-order valence-electron chi connectivity index (χ3n) is 4.14. The number of benzene rings is 1. The van der Waals surface area contributed by atoms with Crippen LogP contribution in [0.15, 0.2) is 24.3 Å². The number of esters is 1. The zero-order valence-corrected chi connectivity index (χ0v) is 12.8. The Morgan fingerprint density at radius 2 is 2.29 bits per heavy atom. The summed E-state index contributed by atoms with van der Waals surface area (Å²) >= 11 is 0. The van der Waals surface area contributed by atoms with Crippen molar-refractivity contribution < 1.29 is 13.9 Å². The zero-order valence-electron chi connectivity index (χ0n) is 12.8. The van der Waals surface area contributed by atoms with Crippen molar-refractivity contribution in [3.8, 4) is 0 Å². The van der Waals surface area contributed by atoms with Crippen LogP contribution in [-0.4, -0.2) is 18.6 Å². The molecule has 1 saturated carbocycles. The Morgan fingerprint density at radius 3 is 2.95 bits per heavy atom. The van der Waals surface area contributed by atoms with Crippen molar-refractivity contribution in [2.45, 2.75) is 45.6 Å². The second-order valence-electron chi connectivity index (χ2n) is 5.92. The molecule has 4 heteroatoms. The summed E-state index contributed by atoms with van der Waals surface area (Å²) in [5.41, 5.74) is 0.631. The lowest BCUT2D eigenvalue weighted by atomic mass is 9.78. The average Bonchev–Trinajstić information content (AvgIpc) is 2.45. The molecule has 0 amide bonds. The summed E-state index contributed by atoms with van der Waals surface area (Å²) in [6.45, 7) is 4.39. The monoisotopic (exact) mass is 293 g/mol. The van der Waals surface area contributed by atoms with Crippen molar-refractivity contribution in [2.75, 3.05) is 11.9 Å². The van der Waals surface area contributed by atoms with Gasteiger partial charge in [0, 0.05) is 5.69 Å². The molecule has 1 N–H and O–H groups in total. The van der Waals surface area contributed by atoms with Crippen molar-refractivity contribution in [1.82, 2.24) is 0 Å². The molecule has 0 heterocycles. The smallest absolute Gasteiger partial charge is 0.328 e. The van der Waals surface area contributed by atoms with Gasteiger partial charge in [0.25, 0.3) is 0 Å². The summed E-state index contributed by atoms with van der Waals surface area (Å²) in [5.74, 6) is 0.325. The van der Waals surface area contributed by atoms with E-state index in [4.69, 9.17) is 4.74 Å². The van der Waals surface area contributed by atoms with E-state index in [2.05, 4.69) is 12.2 Å². The van der Waals surface area contributed by atoms with Gasteiger partial charge in [-0.2, -0.15) is 0 Å². The molecule has 0 spiro atoms. The van der Waals surface area contributed by atoms with Crippen LogP contribution in [0.5, 0.6) is 0 Å². The molecule has 0 bridgehead atoms. The fraction of sp³-hybridized carbons (Fsp3) is 0.588. The molecular formula is C17H24FNO2. The van der Waals surface area contributed by atoms with E-state index >= 15 is 0 Å². The number of carbonyl (C=O) groups excluding carboxylic acids is 1. The van der Waals surface area contributed by atoms with Crippen LogP contribution in [0.2, 0.25) is 0 Å². The van der Waals surface area contributed by atoms with E-state index in [9.17, 15) is 9.18 Å². The summed E-state index contributed by atoms with van der Waals surface area (Å²) < 4.78 is 18.5. The maximum Gasteiger partial charge on any atom is 0.328 e. The Hall–Kier alpha value is -1.58. The molecule has 0 aliphatic heterocycles. The summed E-state index contributed by atoms with van der Waals surface area (Å²) in [5, 5.41) is 3.18. The first kappa shape index (κ1) is 15.8. The van der Waals surface area contributed by atoms with E-state index in [0.717, 1.165) is 19.3 Å². The van der Waals surface area contributed by atoms with Gasteiger partial charge in [-0.05, 0) is 49.8 Å². The normalized spacial score (nSPS) is 23.4. The van der Waals surface area contributed by atoms with Crippen LogP contribution in [0, 0.1) is 17.7 Å². The third kappa shape index (κ3) is 4.45. The highest BCUT2D eigenvalue weighted by Crippen LogP contribution is 2.32. The molecule has 0 radical (unpaired) electrons. The molecular weight excluding hydrogens is 269 g/mol. The molecule has 0 saturated heterocycles. The molecule has 1 aromatic rings. The maximum absolute atomic E-state index is 13.3. The van der Waals surface area contributed by atoms with Crippen molar-refractivity contribution in [3.63, 3.8) is 0 Å². The van der Waals surface area contributed by atoms with Crippen LogP contribution < -0.4 is 5.32 Å². The molecule has 3 unspecified atom stereocenters. The van der Waals surface area contributed by atoms with Gasteiger partial charge in [-0.1, -0.05) is 25.8 Å².